The van der Waals surface area contributed by atoms with Crippen molar-refractivity contribution in [3.8, 4) is 67.2 Å². The van der Waals surface area contributed by atoms with Gasteiger partial charge in [-0.1, -0.05) is 54.6 Å². The fourth-order valence-corrected chi connectivity index (χ4v) is 9.08. The van der Waals surface area contributed by atoms with E-state index < -0.39 is 0 Å². The Hall–Kier alpha value is -11.0. The van der Waals surface area contributed by atoms with Gasteiger partial charge in [-0.3, -0.25) is 24.5 Å². The van der Waals surface area contributed by atoms with E-state index in [1.807, 2.05) is 174 Å². The molecule has 0 aliphatic rings. The summed E-state index contributed by atoms with van der Waals surface area (Å²) in [6.07, 6.45) is 16.1. The standard InChI is InChI=1S/C23H25N7O.C22H23N7O.C17H14N6/c1-28(2)12-13-29(3)23(31)17-9-7-16(8-10-17)18-14-26-22-20(19-6-4-5-11-25-19)21(24)27-30(22)15-18;1-28(2)12-11-25-22(30)16-8-6-15(7-9-16)17-13-26-21-19(18-5-3-4-10-24-18)20(23)27-29(21)14-17;18-13-5-3-4-11(8-13)12-9-21-17-15(14-6-1-2-7-20-14)16(19)22-23(17)10-12/h4-11,14-15H,12-13H2,1-3H3,(H2,24,27);3-10,13-14H,11-12H2,1-2H3,(H2,23,27)(H,25,30);1-10H,18H2,(H2,19,22). The van der Waals surface area contributed by atoms with E-state index in [2.05, 4.69) is 55.4 Å². The first kappa shape index (κ1) is 56.3. The molecule has 9 N–H and O–H groups in total. The van der Waals surface area contributed by atoms with Gasteiger partial charge in [-0.15, -0.1) is 15.3 Å². The highest BCUT2D eigenvalue weighted by atomic mass is 16.2. The SMILES string of the molecule is CN(C)CCN(C)C(=O)c1ccc(-c2cnc3c(-c4ccccn4)c(N)nn3c2)cc1.CN(C)CCNC(=O)c1ccc(-c2cnc3c(-c4ccccn4)c(N)nn3c2)cc1.Nc1cccc(-c2cnc3c(-c4ccccn4)c(N)nn3c2)c1. The summed E-state index contributed by atoms with van der Waals surface area (Å²) in [6.45, 7) is 2.89. The zero-order chi connectivity index (χ0) is 58.9. The average Bonchev–Trinajstić information content (AvgIpc) is 4.12. The van der Waals surface area contributed by atoms with Crippen LogP contribution in [0.3, 0.4) is 0 Å². The van der Waals surface area contributed by atoms with Crippen molar-refractivity contribution < 1.29 is 9.59 Å². The molecule has 422 valence electrons. The molecule has 12 rings (SSSR count). The molecule has 84 heavy (non-hydrogen) atoms. The second kappa shape index (κ2) is 25.2. The molecule has 22 nitrogen and oxygen atoms in total. The molecule has 0 radical (unpaired) electrons. The number of nitrogens with two attached hydrogens (primary N) is 4. The van der Waals surface area contributed by atoms with Crippen LogP contribution in [0.15, 0.2) is 183 Å². The lowest BCUT2D eigenvalue weighted by atomic mass is 10.1. The molecule has 2 amide bonds. The third-order valence-electron chi connectivity index (χ3n) is 13.5. The minimum atomic E-state index is -0.0863. The number of likely N-dealkylation sites (N-methyl/N-ethyl adjacent to an activating group) is 3. The fourth-order valence-electron chi connectivity index (χ4n) is 9.08. The normalized spacial score (nSPS) is 11.1. The first-order chi connectivity index (χ1) is 40.7. The summed E-state index contributed by atoms with van der Waals surface area (Å²) < 4.78 is 5.01. The zero-order valence-electron chi connectivity index (χ0n) is 47.0. The highest BCUT2D eigenvalue weighted by molar-refractivity contribution is 5.95. The van der Waals surface area contributed by atoms with Crippen LogP contribution in [0.4, 0.5) is 23.1 Å². The molecule has 22 heteroatoms. The number of rotatable bonds is 14. The molecular weight excluding hydrogens is 1060 g/mol. The smallest absolute Gasteiger partial charge is 0.253 e. The van der Waals surface area contributed by atoms with Gasteiger partial charge in [0.15, 0.2) is 34.4 Å². The first-order valence-electron chi connectivity index (χ1n) is 26.7. The van der Waals surface area contributed by atoms with Crippen LogP contribution < -0.4 is 28.3 Å². The Bertz CT molecular complexity index is 4220. The Labute approximate surface area is 484 Å². The number of anilines is 4. The van der Waals surface area contributed by atoms with E-state index in [0.717, 1.165) is 69.1 Å². The highest BCUT2D eigenvalue weighted by Gasteiger charge is 2.19. The van der Waals surface area contributed by atoms with E-state index in [0.29, 0.717) is 75.4 Å². The van der Waals surface area contributed by atoms with Crippen LogP contribution in [0.1, 0.15) is 20.7 Å². The molecule has 3 aromatic carbocycles. The Kier molecular flexibility index (Phi) is 16.9. The van der Waals surface area contributed by atoms with Crippen LogP contribution in [-0.4, -0.2) is 147 Å². The third-order valence-corrected chi connectivity index (χ3v) is 13.5. The van der Waals surface area contributed by atoms with Crippen LogP contribution in [0.2, 0.25) is 0 Å². The van der Waals surface area contributed by atoms with Gasteiger partial charge in [0, 0.05) is 123 Å². The lowest BCUT2D eigenvalue weighted by molar-refractivity contribution is 0.0786. The van der Waals surface area contributed by atoms with Gasteiger partial charge in [0.2, 0.25) is 0 Å². The number of benzene rings is 3. The minimum absolute atomic E-state index is 0.00169. The van der Waals surface area contributed by atoms with Crippen molar-refractivity contribution in [3.63, 3.8) is 0 Å². The number of nitrogens with zero attached hydrogens (tertiary/aromatic N) is 15. The summed E-state index contributed by atoms with van der Waals surface area (Å²) in [7, 11) is 9.74. The Morgan fingerprint density at radius 3 is 1.25 bits per heavy atom. The van der Waals surface area contributed by atoms with E-state index in [1.54, 1.807) is 67.8 Å². The molecule has 0 unspecified atom stereocenters. The van der Waals surface area contributed by atoms with Crippen LogP contribution in [-0.2, 0) is 0 Å². The number of carbonyl (C=O) groups is 2. The van der Waals surface area contributed by atoms with Crippen LogP contribution in [0.25, 0.3) is 84.1 Å². The zero-order valence-corrected chi connectivity index (χ0v) is 47.0. The predicted octanol–water partition coefficient (Wildman–Crippen LogP) is 7.63. The van der Waals surface area contributed by atoms with E-state index in [4.69, 9.17) is 22.9 Å². The molecule has 0 aliphatic heterocycles. The molecule has 9 aromatic heterocycles. The van der Waals surface area contributed by atoms with Crippen LogP contribution in [0.5, 0.6) is 0 Å². The maximum Gasteiger partial charge on any atom is 0.253 e. The number of nitrogens with one attached hydrogen (secondary N) is 1. The number of hydrogen-bond acceptors (Lipinski definition) is 17. The largest absolute Gasteiger partial charge is 0.399 e. The van der Waals surface area contributed by atoms with Gasteiger partial charge in [-0.2, -0.15) is 0 Å². The number of pyridine rings is 3. The molecule has 0 spiro atoms. The van der Waals surface area contributed by atoms with E-state index >= 15 is 0 Å². The molecule has 0 fully saturated rings. The molecule has 0 atom stereocenters. The molecule has 0 bridgehead atoms. The van der Waals surface area contributed by atoms with Crippen molar-refractivity contribution in [2.75, 3.05) is 84.4 Å². The van der Waals surface area contributed by atoms with E-state index in [9.17, 15) is 9.59 Å². The molecule has 0 saturated heterocycles. The van der Waals surface area contributed by atoms with Gasteiger partial charge < -0.3 is 43.0 Å². The number of nitrogen functional groups attached to an aromatic ring is 4. The van der Waals surface area contributed by atoms with Crippen molar-refractivity contribution >= 4 is 51.9 Å². The van der Waals surface area contributed by atoms with Gasteiger partial charge in [-0.25, -0.2) is 28.5 Å². The Balaban J connectivity index is 0.000000142. The summed E-state index contributed by atoms with van der Waals surface area (Å²) >= 11 is 0. The fraction of sp³-hybridized carbons (Fsp3) is 0.145. The molecule has 0 saturated carbocycles. The summed E-state index contributed by atoms with van der Waals surface area (Å²) in [5.41, 5.74) is 38.0. The summed E-state index contributed by atoms with van der Waals surface area (Å²) in [5, 5.41) is 16.1. The lowest BCUT2D eigenvalue weighted by Crippen LogP contribution is -2.33. The summed E-state index contributed by atoms with van der Waals surface area (Å²) in [4.78, 5) is 57.4. The lowest BCUT2D eigenvalue weighted by Gasteiger charge is -2.19. The van der Waals surface area contributed by atoms with Gasteiger partial charge in [0.25, 0.3) is 11.8 Å². The predicted molar refractivity (Wildman–Crippen MR) is 329 cm³/mol. The minimum Gasteiger partial charge on any atom is -0.399 e. The number of hydrogen-bond donors (Lipinski definition) is 5. The van der Waals surface area contributed by atoms with Gasteiger partial charge in [-0.05, 0) is 118 Å². The summed E-state index contributed by atoms with van der Waals surface area (Å²) in [6, 6.07) is 39.5. The summed E-state index contributed by atoms with van der Waals surface area (Å²) in [5.74, 6) is 1.08. The second-order valence-electron chi connectivity index (χ2n) is 20.1. The van der Waals surface area contributed by atoms with Crippen molar-refractivity contribution in [2.24, 2.45) is 0 Å². The van der Waals surface area contributed by atoms with Crippen LogP contribution in [0, 0.1) is 0 Å². The Morgan fingerprint density at radius 2 is 0.857 bits per heavy atom. The first-order valence-corrected chi connectivity index (χ1v) is 26.7. The quantitative estimate of drug-likeness (QED) is 0.0654. The van der Waals surface area contributed by atoms with Gasteiger partial charge >= 0.3 is 0 Å². The average molecular weight is 1120 g/mol. The van der Waals surface area contributed by atoms with Crippen molar-refractivity contribution in [1.82, 2.24) is 78.8 Å². The van der Waals surface area contributed by atoms with Crippen molar-refractivity contribution in [1.29, 1.82) is 0 Å². The topological polar surface area (TPSA) is 289 Å². The Morgan fingerprint density at radius 1 is 0.440 bits per heavy atom. The molecule has 0 aliphatic carbocycles. The third kappa shape index (κ3) is 12.8. The maximum absolute atomic E-state index is 12.6. The molecule has 9 heterocycles. The van der Waals surface area contributed by atoms with E-state index in [-0.39, 0.29) is 11.8 Å². The van der Waals surface area contributed by atoms with Crippen molar-refractivity contribution in [3.05, 3.63) is 194 Å². The monoisotopic (exact) mass is 1120 g/mol. The van der Waals surface area contributed by atoms with Gasteiger partial charge in [0.1, 0.15) is 0 Å². The second-order valence-corrected chi connectivity index (χ2v) is 20.1. The molecule has 12 aromatic rings. The van der Waals surface area contributed by atoms with Crippen molar-refractivity contribution in [2.45, 2.75) is 0 Å². The number of carbonyl (C=O) groups excluding carboxylic acids is 2. The number of amides is 2. The van der Waals surface area contributed by atoms with Gasteiger partial charge in [0.05, 0.1) is 33.8 Å². The van der Waals surface area contributed by atoms with Crippen LogP contribution >= 0.6 is 0 Å². The highest BCUT2D eigenvalue weighted by Crippen LogP contribution is 2.32. The van der Waals surface area contributed by atoms with E-state index in [1.165, 1.54) is 0 Å². The maximum atomic E-state index is 12.6. The molecular formula is C62H62N20O2. The number of aromatic nitrogens is 12. The number of fused-ring (bicyclic) bond motifs is 3.